The fourth-order valence-corrected chi connectivity index (χ4v) is 3.79. The number of nitrogens with one attached hydrogen (secondary N) is 2. The van der Waals surface area contributed by atoms with E-state index in [9.17, 15) is 4.79 Å². The van der Waals surface area contributed by atoms with Gasteiger partial charge in [-0.25, -0.2) is 4.98 Å². The van der Waals surface area contributed by atoms with Crippen molar-refractivity contribution < 1.29 is 9.21 Å². The molecule has 6 nitrogen and oxygen atoms in total. The molecule has 1 fully saturated rings. The van der Waals surface area contributed by atoms with Crippen LogP contribution < -0.4 is 10.2 Å². The van der Waals surface area contributed by atoms with Crippen molar-refractivity contribution in [1.29, 1.82) is 0 Å². The van der Waals surface area contributed by atoms with Crippen LogP contribution in [0.25, 0.3) is 11.0 Å². The molecule has 142 valence electrons. The number of halogens is 1. The maximum Gasteiger partial charge on any atom is 0.223 e. The lowest BCUT2D eigenvalue weighted by molar-refractivity contribution is -0.126. The van der Waals surface area contributed by atoms with Crippen LogP contribution in [-0.4, -0.2) is 35.0 Å². The van der Waals surface area contributed by atoms with E-state index in [0.29, 0.717) is 11.4 Å². The Morgan fingerprint density at radius 3 is 2.96 bits per heavy atom. The zero-order valence-electron chi connectivity index (χ0n) is 15.2. The molecular formula is C20H23ClN4O2. The number of benzene rings is 1. The van der Waals surface area contributed by atoms with Crippen molar-refractivity contribution in [2.24, 2.45) is 5.92 Å². The predicted molar refractivity (Wildman–Crippen MR) is 106 cm³/mol. The summed E-state index contributed by atoms with van der Waals surface area (Å²) in [7, 11) is 0. The number of rotatable bonds is 5. The highest BCUT2D eigenvalue weighted by molar-refractivity contribution is 6.31. The normalized spacial score (nSPS) is 16.6. The van der Waals surface area contributed by atoms with Crippen molar-refractivity contribution in [2.75, 3.05) is 18.0 Å². The summed E-state index contributed by atoms with van der Waals surface area (Å²) in [5.74, 6) is 1.91. The lowest BCUT2D eigenvalue weighted by Gasteiger charge is -2.31. The molecule has 1 aromatic carbocycles. The number of amides is 1. The van der Waals surface area contributed by atoms with Gasteiger partial charge in [0.25, 0.3) is 0 Å². The van der Waals surface area contributed by atoms with Crippen molar-refractivity contribution in [3.05, 3.63) is 47.4 Å². The molecule has 1 amide bonds. The second-order valence-corrected chi connectivity index (χ2v) is 7.61. The molecule has 3 heterocycles. The molecule has 2 aromatic heterocycles. The Kier molecular flexibility index (Phi) is 5.07. The van der Waals surface area contributed by atoms with Crippen LogP contribution in [-0.2, 0) is 11.2 Å². The number of imidazole rings is 1. The molecule has 0 bridgehead atoms. The van der Waals surface area contributed by atoms with Crippen LogP contribution >= 0.6 is 11.6 Å². The first kappa shape index (κ1) is 17.9. The van der Waals surface area contributed by atoms with Crippen LogP contribution in [0, 0.1) is 5.92 Å². The van der Waals surface area contributed by atoms with E-state index in [0.717, 1.165) is 48.7 Å². The smallest absolute Gasteiger partial charge is 0.223 e. The van der Waals surface area contributed by atoms with Gasteiger partial charge in [0.2, 0.25) is 11.9 Å². The van der Waals surface area contributed by atoms with E-state index < -0.39 is 0 Å². The second-order valence-electron chi connectivity index (χ2n) is 7.18. The standard InChI is InChI=1S/C20H23ClN4O2/c1-13(11-16-3-2-10-27-16)22-19(26)14-6-8-25(9-7-14)20-23-17-5-4-15(21)12-18(17)24-20/h2-5,10,12-14H,6-9,11H2,1H3,(H,22,26)(H,23,24)/t13-/m0/s1. The summed E-state index contributed by atoms with van der Waals surface area (Å²) in [6.45, 7) is 3.62. The first-order valence-corrected chi connectivity index (χ1v) is 9.69. The highest BCUT2D eigenvalue weighted by Crippen LogP contribution is 2.25. The van der Waals surface area contributed by atoms with Gasteiger partial charge in [-0.2, -0.15) is 0 Å². The van der Waals surface area contributed by atoms with Crippen LogP contribution in [0.15, 0.2) is 41.0 Å². The average molecular weight is 387 g/mol. The number of furan rings is 1. The zero-order valence-corrected chi connectivity index (χ0v) is 16.0. The van der Waals surface area contributed by atoms with Crippen molar-refractivity contribution in [3.63, 3.8) is 0 Å². The molecule has 1 aliphatic rings. The topological polar surface area (TPSA) is 74.2 Å². The van der Waals surface area contributed by atoms with E-state index in [-0.39, 0.29) is 17.9 Å². The maximum absolute atomic E-state index is 12.6. The number of aromatic nitrogens is 2. The fourth-order valence-electron chi connectivity index (χ4n) is 3.61. The third kappa shape index (κ3) is 4.11. The fraction of sp³-hybridized carbons (Fsp3) is 0.400. The molecule has 0 radical (unpaired) electrons. The van der Waals surface area contributed by atoms with E-state index in [4.69, 9.17) is 16.0 Å². The monoisotopic (exact) mass is 386 g/mol. The van der Waals surface area contributed by atoms with Crippen molar-refractivity contribution in [1.82, 2.24) is 15.3 Å². The minimum absolute atomic E-state index is 0.0409. The van der Waals surface area contributed by atoms with Gasteiger partial charge in [-0.05, 0) is 50.1 Å². The Bertz CT molecular complexity index is 913. The highest BCUT2D eigenvalue weighted by atomic mass is 35.5. The molecule has 1 atom stereocenters. The number of aromatic amines is 1. The minimum Gasteiger partial charge on any atom is -0.469 e. The van der Waals surface area contributed by atoms with Gasteiger partial charge in [0.05, 0.1) is 17.3 Å². The van der Waals surface area contributed by atoms with Crippen LogP contribution in [0.4, 0.5) is 5.95 Å². The number of H-pyrrole nitrogens is 1. The molecule has 1 aliphatic heterocycles. The molecule has 0 saturated carbocycles. The van der Waals surface area contributed by atoms with Gasteiger partial charge in [0.15, 0.2) is 0 Å². The maximum atomic E-state index is 12.6. The Morgan fingerprint density at radius 2 is 2.22 bits per heavy atom. The lowest BCUT2D eigenvalue weighted by atomic mass is 9.95. The van der Waals surface area contributed by atoms with Crippen LogP contribution in [0.1, 0.15) is 25.5 Å². The van der Waals surface area contributed by atoms with Gasteiger partial charge in [0.1, 0.15) is 5.76 Å². The highest BCUT2D eigenvalue weighted by Gasteiger charge is 2.27. The van der Waals surface area contributed by atoms with Gasteiger partial charge < -0.3 is 19.6 Å². The molecule has 2 N–H and O–H groups in total. The summed E-state index contributed by atoms with van der Waals surface area (Å²) in [5.41, 5.74) is 1.84. The van der Waals surface area contributed by atoms with Gasteiger partial charge in [-0.15, -0.1) is 0 Å². The van der Waals surface area contributed by atoms with Crippen LogP contribution in [0.5, 0.6) is 0 Å². The molecule has 0 aliphatic carbocycles. The van der Waals surface area contributed by atoms with E-state index >= 15 is 0 Å². The first-order valence-electron chi connectivity index (χ1n) is 9.31. The molecule has 1 saturated heterocycles. The third-order valence-corrected chi connectivity index (χ3v) is 5.31. The van der Waals surface area contributed by atoms with Crippen molar-refractivity contribution >= 4 is 34.5 Å². The molecule has 3 aromatic rings. The van der Waals surface area contributed by atoms with Gasteiger partial charge in [0, 0.05) is 36.5 Å². The zero-order chi connectivity index (χ0) is 18.8. The number of anilines is 1. The lowest BCUT2D eigenvalue weighted by Crippen LogP contribution is -2.43. The Labute approximate surface area is 162 Å². The summed E-state index contributed by atoms with van der Waals surface area (Å²) in [5, 5.41) is 3.81. The molecule has 4 rings (SSSR count). The molecule has 27 heavy (non-hydrogen) atoms. The predicted octanol–water partition coefficient (Wildman–Crippen LogP) is 3.77. The van der Waals surface area contributed by atoms with Crippen molar-refractivity contribution in [2.45, 2.75) is 32.2 Å². The Hall–Kier alpha value is -2.47. The number of fused-ring (bicyclic) bond motifs is 1. The van der Waals surface area contributed by atoms with Crippen LogP contribution in [0.2, 0.25) is 5.02 Å². The number of hydrogen-bond donors (Lipinski definition) is 2. The number of hydrogen-bond acceptors (Lipinski definition) is 4. The summed E-state index contributed by atoms with van der Waals surface area (Å²) in [6, 6.07) is 9.50. The van der Waals surface area contributed by atoms with E-state index in [1.54, 1.807) is 6.26 Å². The summed E-state index contributed by atoms with van der Waals surface area (Å²) < 4.78 is 5.35. The molecular weight excluding hydrogens is 364 g/mol. The molecule has 0 unspecified atom stereocenters. The third-order valence-electron chi connectivity index (χ3n) is 5.07. The largest absolute Gasteiger partial charge is 0.469 e. The number of carbonyl (C=O) groups excluding carboxylic acids is 1. The minimum atomic E-state index is 0.0409. The van der Waals surface area contributed by atoms with E-state index in [2.05, 4.69) is 20.2 Å². The van der Waals surface area contributed by atoms with Gasteiger partial charge in [-0.3, -0.25) is 4.79 Å². The SMILES string of the molecule is C[C@@H](Cc1ccco1)NC(=O)C1CCN(c2nc3ccc(Cl)cc3[nH]2)CC1. The molecule has 0 spiro atoms. The average Bonchev–Trinajstić information content (AvgIpc) is 3.30. The Morgan fingerprint density at radius 1 is 1.41 bits per heavy atom. The van der Waals surface area contributed by atoms with E-state index in [1.165, 1.54) is 0 Å². The summed E-state index contributed by atoms with van der Waals surface area (Å²) >= 11 is 6.04. The van der Waals surface area contributed by atoms with E-state index in [1.807, 2.05) is 37.3 Å². The number of piperidine rings is 1. The quantitative estimate of drug-likeness (QED) is 0.699. The number of nitrogens with zero attached hydrogens (tertiary/aromatic N) is 2. The summed E-state index contributed by atoms with van der Waals surface area (Å²) in [4.78, 5) is 22.7. The Balaban J connectivity index is 1.31. The van der Waals surface area contributed by atoms with Gasteiger partial charge >= 0.3 is 0 Å². The first-order chi connectivity index (χ1) is 13.1. The molecule has 7 heteroatoms. The summed E-state index contributed by atoms with van der Waals surface area (Å²) in [6.07, 6.45) is 4.00. The van der Waals surface area contributed by atoms with Crippen molar-refractivity contribution in [3.8, 4) is 0 Å². The van der Waals surface area contributed by atoms with Gasteiger partial charge in [-0.1, -0.05) is 11.6 Å². The second kappa shape index (κ2) is 7.64. The van der Waals surface area contributed by atoms with Crippen LogP contribution in [0.3, 0.4) is 0 Å². The number of carbonyl (C=O) groups is 1.